The second-order valence-electron chi connectivity index (χ2n) is 5.23. The van der Waals surface area contributed by atoms with E-state index in [2.05, 4.69) is 28.2 Å². The molecule has 0 bridgehead atoms. The summed E-state index contributed by atoms with van der Waals surface area (Å²) in [5.41, 5.74) is 0. The molecule has 1 aromatic rings. The number of ether oxygens (including phenoxy) is 2. The molecule has 5 heteroatoms. The lowest BCUT2D eigenvalue weighted by Crippen LogP contribution is -2.42. The van der Waals surface area contributed by atoms with Gasteiger partial charge in [0.05, 0.1) is 6.10 Å². The summed E-state index contributed by atoms with van der Waals surface area (Å²) >= 11 is 3.37. The maximum Gasteiger partial charge on any atom is 0.119 e. The summed E-state index contributed by atoms with van der Waals surface area (Å²) in [6.45, 7) is 3.73. The van der Waals surface area contributed by atoms with Gasteiger partial charge in [-0.3, -0.25) is 0 Å². The highest BCUT2D eigenvalue weighted by molar-refractivity contribution is 9.10. The van der Waals surface area contributed by atoms with Gasteiger partial charge in [0, 0.05) is 23.7 Å². The number of benzene rings is 1. The molecule has 1 saturated heterocycles. The lowest BCUT2D eigenvalue weighted by molar-refractivity contribution is 0.00966. The van der Waals surface area contributed by atoms with E-state index in [1.807, 2.05) is 24.3 Å². The maximum absolute atomic E-state index is 9.93. The molecule has 1 aromatic carbocycles. The van der Waals surface area contributed by atoms with Crippen LogP contribution in [0.3, 0.4) is 0 Å². The standard InChI is InChI=1S/C15H22BrNO3/c1-11-8-13(6-7-19-11)17-9-14(18)10-20-15-4-2-12(16)3-5-15/h2-5,11,13-14,17-18H,6-10H2,1H3. The van der Waals surface area contributed by atoms with Crippen LogP contribution >= 0.6 is 15.9 Å². The zero-order valence-electron chi connectivity index (χ0n) is 11.7. The third-order valence-corrected chi connectivity index (χ3v) is 3.91. The van der Waals surface area contributed by atoms with Gasteiger partial charge < -0.3 is 19.9 Å². The van der Waals surface area contributed by atoms with Crippen LogP contribution in [0, 0.1) is 0 Å². The van der Waals surface area contributed by atoms with Crippen LogP contribution in [0.25, 0.3) is 0 Å². The van der Waals surface area contributed by atoms with Gasteiger partial charge in [-0.1, -0.05) is 15.9 Å². The Morgan fingerprint density at radius 3 is 2.90 bits per heavy atom. The van der Waals surface area contributed by atoms with Gasteiger partial charge in [0.15, 0.2) is 0 Å². The van der Waals surface area contributed by atoms with Crippen molar-refractivity contribution in [2.75, 3.05) is 19.8 Å². The van der Waals surface area contributed by atoms with Crippen molar-refractivity contribution in [3.63, 3.8) is 0 Å². The van der Waals surface area contributed by atoms with Gasteiger partial charge in [-0.2, -0.15) is 0 Å². The summed E-state index contributed by atoms with van der Waals surface area (Å²) in [6.07, 6.45) is 1.81. The first-order valence-corrected chi connectivity index (χ1v) is 7.84. The van der Waals surface area contributed by atoms with Crippen molar-refractivity contribution in [3.05, 3.63) is 28.7 Å². The summed E-state index contributed by atoms with van der Waals surface area (Å²) in [5, 5.41) is 13.3. The van der Waals surface area contributed by atoms with Crippen LogP contribution in [0.4, 0.5) is 0 Å². The molecule has 3 unspecified atom stereocenters. The highest BCUT2D eigenvalue weighted by atomic mass is 79.9. The predicted molar refractivity (Wildman–Crippen MR) is 82.1 cm³/mol. The second-order valence-corrected chi connectivity index (χ2v) is 6.15. The number of hydrogen-bond acceptors (Lipinski definition) is 4. The molecular weight excluding hydrogens is 322 g/mol. The Balaban J connectivity index is 1.65. The monoisotopic (exact) mass is 343 g/mol. The van der Waals surface area contributed by atoms with Gasteiger partial charge in [0.1, 0.15) is 18.5 Å². The average Bonchev–Trinajstić information content (AvgIpc) is 2.45. The van der Waals surface area contributed by atoms with E-state index in [1.54, 1.807) is 0 Å². The lowest BCUT2D eigenvalue weighted by atomic mass is 10.0. The van der Waals surface area contributed by atoms with Crippen LogP contribution in [0.5, 0.6) is 5.75 Å². The maximum atomic E-state index is 9.93. The van der Waals surface area contributed by atoms with E-state index in [4.69, 9.17) is 9.47 Å². The average molecular weight is 344 g/mol. The highest BCUT2D eigenvalue weighted by Crippen LogP contribution is 2.16. The van der Waals surface area contributed by atoms with Gasteiger partial charge in [0.2, 0.25) is 0 Å². The van der Waals surface area contributed by atoms with Crippen molar-refractivity contribution in [1.29, 1.82) is 0 Å². The number of rotatable bonds is 6. The zero-order chi connectivity index (χ0) is 14.4. The number of nitrogens with one attached hydrogen (secondary N) is 1. The quantitative estimate of drug-likeness (QED) is 0.832. The first-order chi connectivity index (χ1) is 9.63. The van der Waals surface area contributed by atoms with E-state index in [0.717, 1.165) is 29.7 Å². The van der Waals surface area contributed by atoms with E-state index < -0.39 is 6.10 Å². The summed E-state index contributed by atoms with van der Waals surface area (Å²) in [4.78, 5) is 0. The molecule has 0 radical (unpaired) electrons. The molecule has 1 aliphatic rings. The van der Waals surface area contributed by atoms with Crippen molar-refractivity contribution >= 4 is 15.9 Å². The van der Waals surface area contributed by atoms with E-state index in [9.17, 15) is 5.11 Å². The summed E-state index contributed by atoms with van der Waals surface area (Å²) in [7, 11) is 0. The van der Waals surface area contributed by atoms with Gasteiger partial charge in [-0.05, 0) is 44.0 Å². The smallest absolute Gasteiger partial charge is 0.119 e. The third kappa shape index (κ3) is 5.40. The molecule has 1 heterocycles. The molecule has 0 aromatic heterocycles. The minimum absolute atomic E-state index is 0.299. The Hall–Kier alpha value is -0.620. The van der Waals surface area contributed by atoms with E-state index in [1.165, 1.54) is 0 Å². The molecule has 0 spiro atoms. The summed E-state index contributed by atoms with van der Waals surface area (Å²) in [6, 6.07) is 8.03. The van der Waals surface area contributed by atoms with Gasteiger partial charge in [-0.25, -0.2) is 0 Å². The molecule has 1 fully saturated rings. The van der Waals surface area contributed by atoms with Gasteiger partial charge in [0.25, 0.3) is 0 Å². The van der Waals surface area contributed by atoms with Crippen molar-refractivity contribution < 1.29 is 14.6 Å². The Labute approximate surface area is 128 Å². The fourth-order valence-electron chi connectivity index (χ4n) is 2.27. The molecule has 2 rings (SSSR count). The van der Waals surface area contributed by atoms with Crippen LogP contribution in [-0.2, 0) is 4.74 Å². The Morgan fingerprint density at radius 2 is 2.20 bits per heavy atom. The Kier molecular flexibility index (Phi) is 6.29. The number of hydrogen-bond donors (Lipinski definition) is 2. The largest absolute Gasteiger partial charge is 0.491 e. The summed E-state index contributed by atoms with van der Waals surface area (Å²) < 4.78 is 12.1. The normalized spacial score (nSPS) is 24.4. The number of aliphatic hydroxyl groups is 1. The molecule has 20 heavy (non-hydrogen) atoms. The van der Waals surface area contributed by atoms with Crippen molar-refractivity contribution in [3.8, 4) is 5.75 Å². The molecule has 3 atom stereocenters. The first-order valence-electron chi connectivity index (χ1n) is 7.05. The van der Waals surface area contributed by atoms with E-state index >= 15 is 0 Å². The van der Waals surface area contributed by atoms with E-state index in [0.29, 0.717) is 25.3 Å². The predicted octanol–water partition coefficient (Wildman–Crippen LogP) is 2.35. The summed E-state index contributed by atoms with van der Waals surface area (Å²) in [5.74, 6) is 0.770. The minimum atomic E-state index is -0.503. The third-order valence-electron chi connectivity index (χ3n) is 3.38. The topological polar surface area (TPSA) is 50.7 Å². The van der Waals surface area contributed by atoms with Crippen LogP contribution in [0.1, 0.15) is 19.8 Å². The lowest BCUT2D eigenvalue weighted by Gasteiger charge is -2.28. The van der Waals surface area contributed by atoms with Gasteiger partial charge >= 0.3 is 0 Å². The molecule has 0 amide bonds. The fraction of sp³-hybridized carbons (Fsp3) is 0.600. The molecular formula is C15H22BrNO3. The van der Waals surface area contributed by atoms with Crippen LogP contribution in [-0.4, -0.2) is 43.1 Å². The van der Waals surface area contributed by atoms with Crippen molar-refractivity contribution in [2.24, 2.45) is 0 Å². The first kappa shape index (κ1) is 15.8. The highest BCUT2D eigenvalue weighted by Gasteiger charge is 2.19. The fourth-order valence-corrected chi connectivity index (χ4v) is 2.53. The van der Waals surface area contributed by atoms with Crippen molar-refractivity contribution in [2.45, 2.75) is 38.0 Å². The Bertz CT molecular complexity index is 399. The molecule has 0 saturated carbocycles. The Morgan fingerprint density at radius 1 is 1.45 bits per heavy atom. The molecule has 2 N–H and O–H groups in total. The molecule has 0 aliphatic carbocycles. The van der Waals surface area contributed by atoms with Crippen LogP contribution in [0.15, 0.2) is 28.7 Å². The zero-order valence-corrected chi connectivity index (χ0v) is 13.3. The van der Waals surface area contributed by atoms with Crippen LogP contribution in [0.2, 0.25) is 0 Å². The molecule has 112 valence electrons. The van der Waals surface area contributed by atoms with Crippen molar-refractivity contribution in [1.82, 2.24) is 5.32 Å². The number of halogens is 1. The van der Waals surface area contributed by atoms with Crippen LogP contribution < -0.4 is 10.1 Å². The second kappa shape index (κ2) is 7.98. The van der Waals surface area contributed by atoms with Gasteiger partial charge in [-0.15, -0.1) is 0 Å². The molecule has 1 aliphatic heterocycles. The number of aliphatic hydroxyl groups excluding tert-OH is 1. The molecule has 4 nitrogen and oxygen atoms in total. The van der Waals surface area contributed by atoms with E-state index in [-0.39, 0.29) is 0 Å². The SMILES string of the molecule is CC1CC(NCC(O)COc2ccc(Br)cc2)CCO1. The minimum Gasteiger partial charge on any atom is -0.491 e.